The summed E-state index contributed by atoms with van der Waals surface area (Å²) in [5.41, 5.74) is 2.89. The SMILES string of the molecule is C=CCCc1cccc(CC(=O)OCOC(=O)Cc2ccccc2)c1. The standard InChI is InChI=1S/C21H22O4/c1-2-3-8-17-11-7-12-19(13-17)15-21(23)25-16-24-20(22)14-18-9-5-4-6-10-18/h2,4-7,9-13H,1,3,8,14-16H2. The van der Waals surface area contributed by atoms with Crippen molar-refractivity contribution in [1.82, 2.24) is 0 Å². The minimum atomic E-state index is -0.426. The Bertz CT molecular complexity index is 707. The quantitative estimate of drug-likeness (QED) is 0.398. The van der Waals surface area contributed by atoms with E-state index in [1.165, 1.54) is 0 Å². The Balaban J connectivity index is 1.71. The van der Waals surface area contributed by atoms with Gasteiger partial charge in [0.15, 0.2) is 0 Å². The van der Waals surface area contributed by atoms with Crippen LogP contribution in [0.25, 0.3) is 0 Å². The monoisotopic (exact) mass is 338 g/mol. The van der Waals surface area contributed by atoms with Crippen LogP contribution in [0.5, 0.6) is 0 Å². The summed E-state index contributed by atoms with van der Waals surface area (Å²) in [7, 11) is 0. The number of allylic oxidation sites excluding steroid dienone is 1. The van der Waals surface area contributed by atoms with Crippen LogP contribution in [0.3, 0.4) is 0 Å². The molecular weight excluding hydrogens is 316 g/mol. The molecule has 130 valence electrons. The molecule has 2 rings (SSSR count). The lowest BCUT2D eigenvalue weighted by Crippen LogP contribution is -2.15. The number of carbonyl (C=O) groups excluding carboxylic acids is 2. The van der Waals surface area contributed by atoms with E-state index in [0.717, 1.165) is 29.5 Å². The molecule has 4 nitrogen and oxygen atoms in total. The van der Waals surface area contributed by atoms with Crippen LogP contribution in [0.4, 0.5) is 0 Å². The molecule has 4 heteroatoms. The third-order valence-corrected chi connectivity index (χ3v) is 3.61. The molecular formula is C21H22O4. The van der Waals surface area contributed by atoms with E-state index in [-0.39, 0.29) is 19.6 Å². The predicted molar refractivity (Wildman–Crippen MR) is 95.9 cm³/mol. The van der Waals surface area contributed by atoms with E-state index >= 15 is 0 Å². The average molecular weight is 338 g/mol. The molecule has 0 aliphatic carbocycles. The van der Waals surface area contributed by atoms with Crippen molar-refractivity contribution >= 4 is 11.9 Å². The van der Waals surface area contributed by atoms with E-state index in [1.807, 2.05) is 60.7 Å². The Morgan fingerprint density at radius 3 is 2.12 bits per heavy atom. The smallest absolute Gasteiger partial charge is 0.313 e. The largest absolute Gasteiger partial charge is 0.428 e. The van der Waals surface area contributed by atoms with E-state index in [4.69, 9.17) is 9.47 Å². The van der Waals surface area contributed by atoms with E-state index < -0.39 is 11.9 Å². The summed E-state index contributed by atoms with van der Waals surface area (Å²) in [5.74, 6) is -0.848. The van der Waals surface area contributed by atoms with Gasteiger partial charge in [0.05, 0.1) is 12.8 Å². The Hall–Kier alpha value is -2.88. The zero-order valence-corrected chi connectivity index (χ0v) is 14.1. The van der Waals surface area contributed by atoms with Gasteiger partial charge in [-0.3, -0.25) is 9.59 Å². The average Bonchev–Trinajstić information content (AvgIpc) is 2.61. The minimum absolute atomic E-state index is 0.151. The molecule has 0 aliphatic heterocycles. The Kier molecular flexibility index (Phi) is 7.44. The molecule has 25 heavy (non-hydrogen) atoms. The summed E-state index contributed by atoms with van der Waals surface area (Å²) in [6, 6.07) is 17.1. The zero-order valence-electron chi connectivity index (χ0n) is 14.1. The second-order valence-electron chi connectivity index (χ2n) is 5.64. The van der Waals surface area contributed by atoms with Crippen molar-refractivity contribution in [3.63, 3.8) is 0 Å². The number of hydrogen-bond donors (Lipinski definition) is 0. The molecule has 0 unspecified atom stereocenters. The molecule has 0 amide bonds. The van der Waals surface area contributed by atoms with Crippen LogP contribution in [0.2, 0.25) is 0 Å². The molecule has 0 spiro atoms. The van der Waals surface area contributed by atoms with Crippen molar-refractivity contribution in [3.8, 4) is 0 Å². The third kappa shape index (κ3) is 7.04. The Morgan fingerprint density at radius 1 is 0.840 bits per heavy atom. The van der Waals surface area contributed by atoms with Gasteiger partial charge in [0.1, 0.15) is 0 Å². The van der Waals surface area contributed by atoms with Gasteiger partial charge in [-0.2, -0.15) is 0 Å². The molecule has 0 atom stereocenters. The van der Waals surface area contributed by atoms with Crippen LogP contribution in [-0.4, -0.2) is 18.7 Å². The lowest BCUT2D eigenvalue weighted by molar-refractivity contribution is -0.166. The van der Waals surface area contributed by atoms with Crippen LogP contribution in [0.1, 0.15) is 23.1 Å². The number of rotatable bonds is 9. The number of benzene rings is 2. The van der Waals surface area contributed by atoms with Crippen molar-refractivity contribution < 1.29 is 19.1 Å². The van der Waals surface area contributed by atoms with Crippen LogP contribution in [0.15, 0.2) is 67.3 Å². The predicted octanol–water partition coefficient (Wildman–Crippen LogP) is 3.63. The van der Waals surface area contributed by atoms with Gasteiger partial charge in [0, 0.05) is 0 Å². The molecule has 0 saturated heterocycles. The van der Waals surface area contributed by atoms with Crippen LogP contribution < -0.4 is 0 Å². The lowest BCUT2D eigenvalue weighted by atomic mass is 10.0. The second-order valence-corrected chi connectivity index (χ2v) is 5.64. The molecule has 0 aliphatic rings. The maximum atomic E-state index is 11.8. The van der Waals surface area contributed by atoms with Gasteiger partial charge in [-0.05, 0) is 29.5 Å². The summed E-state index contributed by atoms with van der Waals surface area (Å²) >= 11 is 0. The topological polar surface area (TPSA) is 52.6 Å². The molecule has 2 aromatic carbocycles. The van der Waals surface area contributed by atoms with E-state index in [9.17, 15) is 9.59 Å². The van der Waals surface area contributed by atoms with Gasteiger partial charge in [-0.15, -0.1) is 6.58 Å². The Morgan fingerprint density at radius 2 is 1.44 bits per heavy atom. The number of aryl methyl sites for hydroxylation is 1. The fraction of sp³-hybridized carbons (Fsp3) is 0.238. The number of carbonyl (C=O) groups is 2. The van der Waals surface area contributed by atoms with E-state index in [1.54, 1.807) is 0 Å². The third-order valence-electron chi connectivity index (χ3n) is 3.61. The number of ether oxygens (including phenoxy) is 2. The second kappa shape index (κ2) is 10.1. The normalized spacial score (nSPS) is 10.1. The fourth-order valence-corrected chi connectivity index (χ4v) is 2.36. The van der Waals surface area contributed by atoms with Crippen LogP contribution in [-0.2, 0) is 38.3 Å². The van der Waals surface area contributed by atoms with E-state index in [2.05, 4.69) is 6.58 Å². The number of esters is 2. The summed E-state index contributed by atoms with van der Waals surface area (Å²) in [4.78, 5) is 23.5. The van der Waals surface area contributed by atoms with Crippen molar-refractivity contribution in [2.24, 2.45) is 0 Å². The first-order valence-electron chi connectivity index (χ1n) is 8.21. The summed E-state index contributed by atoms with van der Waals surface area (Å²) in [6.07, 6.45) is 3.96. The maximum Gasteiger partial charge on any atom is 0.313 e. The number of hydrogen-bond acceptors (Lipinski definition) is 4. The lowest BCUT2D eigenvalue weighted by Gasteiger charge is -2.07. The highest BCUT2D eigenvalue weighted by molar-refractivity contribution is 5.74. The van der Waals surface area contributed by atoms with Crippen molar-refractivity contribution in [3.05, 3.63) is 83.9 Å². The van der Waals surface area contributed by atoms with Crippen molar-refractivity contribution in [2.75, 3.05) is 6.79 Å². The molecule has 0 bridgehead atoms. The van der Waals surface area contributed by atoms with E-state index in [0.29, 0.717) is 0 Å². The zero-order chi connectivity index (χ0) is 17.9. The van der Waals surface area contributed by atoms with Gasteiger partial charge >= 0.3 is 11.9 Å². The highest BCUT2D eigenvalue weighted by Crippen LogP contribution is 2.09. The molecule has 0 saturated carbocycles. The maximum absolute atomic E-state index is 11.8. The minimum Gasteiger partial charge on any atom is -0.428 e. The molecule has 0 heterocycles. The van der Waals surface area contributed by atoms with Crippen LogP contribution in [0, 0.1) is 0 Å². The van der Waals surface area contributed by atoms with Gasteiger partial charge in [0.2, 0.25) is 6.79 Å². The van der Waals surface area contributed by atoms with Crippen molar-refractivity contribution in [1.29, 1.82) is 0 Å². The van der Waals surface area contributed by atoms with Gasteiger partial charge in [-0.25, -0.2) is 0 Å². The summed E-state index contributed by atoms with van der Waals surface area (Å²) in [6.45, 7) is 3.34. The molecule has 0 aromatic heterocycles. The highest BCUT2D eigenvalue weighted by atomic mass is 16.7. The fourth-order valence-electron chi connectivity index (χ4n) is 2.36. The highest BCUT2D eigenvalue weighted by Gasteiger charge is 2.08. The van der Waals surface area contributed by atoms with Crippen molar-refractivity contribution in [2.45, 2.75) is 25.7 Å². The van der Waals surface area contributed by atoms with Gasteiger partial charge in [0.25, 0.3) is 0 Å². The van der Waals surface area contributed by atoms with Gasteiger partial charge in [-0.1, -0.05) is 60.7 Å². The van der Waals surface area contributed by atoms with Gasteiger partial charge < -0.3 is 9.47 Å². The summed E-state index contributed by atoms with van der Waals surface area (Å²) < 4.78 is 9.92. The Labute approximate surface area is 148 Å². The molecule has 2 aromatic rings. The first-order chi connectivity index (χ1) is 12.2. The van der Waals surface area contributed by atoms with Crippen LogP contribution >= 0.6 is 0 Å². The summed E-state index contributed by atoms with van der Waals surface area (Å²) in [5, 5.41) is 0. The molecule has 0 N–H and O–H groups in total. The first-order valence-corrected chi connectivity index (χ1v) is 8.21. The molecule has 0 radical (unpaired) electrons. The first kappa shape index (κ1) is 18.5. The molecule has 0 fully saturated rings.